The molecule has 0 radical (unpaired) electrons. The van der Waals surface area contributed by atoms with Gasteiger partial charge in [0.1, 0.15) is 4.99 Å². The number of hydrogen-bond acceptors (Lipinski definition) is 3. The molecule has 1 heterocycles. The molecule has 0 N–H and O–H groups in total. The summed E-state index contributed by atoms with van der Waals surface area (Å²) in [6, 6.07) is 0. The van der Waals surface area contributed by atoms with E-state index in [0.29, 0.717) is 4.99 Å². The van der Waals surface area contributed by atoms with Crippen molar-refractivity contribution in [3.63, 3.8) is 0 Å². The van der Waals surface area contributed by atoms with E-state index >= 15 is 0 Å². The van der Waals surface area contributed by atoms with Crippen LogP contribution < -0.4 is 0 Å². The molecule has 2 amide bonds. The van der Waals surface area contributed by atoms with E-state index in [1.807, 2.05) is 18.2 Å². The lowest BCUT2D eigenvalue weighted by Crippen LogP contribution is -2.34. The van der Waals surface area contributed by atoms with Crippen molar-refractivity contribution < 1.29 is 9.59 Å². The number of rotatable bonds is 0. The number of nitrogens with zero attached hydrogens (tertiary/aromatic N) is 1. The number of likely N-dealkylation sites (tertiary alicyclic amines) is 1. The van der Waals surface area contributed by atoms with Crippen LogP contribution in [0.3, 0.4) is 0 Å². The number of fused-ring (bicyclic) bond motifs is 1. The van der Waals surface area contributed by atoms with E-state index in [2.05, 4.69) is 0 Å². The van der Waals surface area contributed by atoms with Gasteiger partial charge in [0.25, 0.3) is 0 Å². The maximum Gasteiger partial charge on any atom is 0.242 e. The Labute approximate surface area is 87.1 Å². The topological polar surface area (TPSA) is 37.4 Å². The number of amides is 2. The fourth-order valence-corrected chi connectivity index (χ4v) is 2.24. The zero-order valence-electron chi connectivity index (χ0n) is 7.64. The molecule has 2 atom stereocenters. The van der Waals surface area contributed by atoms with Crippen molar-refractivity contribution in [3.05, 3.63) is 24.3 Å². The second-order valence-electron chi connectivity index (χ2n) is 3.35. The first-order valence-electron chi connectivity index (χ1n) is 4.36. The van der Waals surface area contributed by atoms with E-state index in [4.69, 9.17) is 12.2 Å². The van der Waals surface area contributed by atoms with Crippen LogP contribution in [0.15, 0.2) is 24.3 Å². The predicted molar refractivity (Wildman–Crippen MR) is 55.4 cm³/mol. The third-order valence-electron chi connectivity index (χ3n) is 2.46. The fraction of sp³-hybridized carbons (Fsp3) is 0.300. The van der Waals surface area contributed by atoms with Crippen molar-refractivity contribution in [3.8, 4) is 0 Å². The first-order chi connectivity index (χ1) is 6.63. The summed E-state index contributed by atoms with van der Waals surface area (Å²) in [5.74, 6) is -0.868. The van der Waals surface area contributed by atoms with Crippen LogP contribution in [-0.2, 0) is 9.59 Å². The molecule has 0 bridgehead atoms. The maximum atomic E-state index is 11.7. The van der Waals surface area contributed by atoms with Gasteiger partial charge in [0.05, 0.1) is 5.92 Å². The Hall–Kier alpha value is -1.29. The quantitative estimate of drug-likeness (QED) is 0.557. The summed E-state index contributed by atoms with van der Waals surface area (Å²) < 4.78 is 0. The van der Waals surface area contributed by atoms with Crippen LogP contribution in [0.25, 0.3) is 0 Å². The lowest BCUT2D eigenvalue weighted by molar-refractivity contribution is -0.138. The smallest absolute Gasteiger partial charge is 0.242 e. The Morgan fingerprint density at radius 1 is 1.36 bits per heavy atom. The zero-order valence-corrected chi connectivity index (χ0v) is 8.45. The average molecular weight is 207 g/mol. The molecule has 0 aromatic carbocycles. The van der Waals surface area contributed by atoms with Gasteiger partial charge in [-0.3, -0.25) is 9.59 Å². The van der Waals surface area contributed by atoms with E-state index in [-0.39, 0.29) is 23.7 Å². The minimum Gasteiger partial charge on any atom is -0.274 e. The molecular formula is C10H9NO2S. The molecule has 72 valence electrons. The first kappa shape index (κ1) is 9.27. The van der Waals surface area contributed by atoms with Gasteiger partial charge in [0.15, 0.2) is 0 Å². The minimum absolute atomic E-state index is 0.105. The summed E-state index contributed by atoms with van der Waals surface area (Å²) in [6.07, 6.45) is 7.33. The Morgan fingerprint density at radius 2 is 1.93 bits per heavy atom. The molecule has 1 saturated heterocycles. The van der Waals surface area contributed by atoms with Crippen molar-refractivity contribution in [2.45, 2.75) is 6.92 Å². The Balaban J connectivity index is 2.40. The summed E-state index contributed by atoms with van der Waals surface area (Å²) in [5.41, 5.74) is 0. The van der Waals surface area contributed by atoms with Crippen molar-refractivity contribution in [1.82, 2.24) is 4.90 Å². The SMILES string of the molecule is CC(=O)N1C(=O)C2C=CC=CC2C1=S. The van der Waals surface area contributed by atoms with Crippen LogP contribution in [0, 0.1) is 11.8 Å². The van der Waals surface area contributed by atoms with E-state index in [9.17, 15) is 9.59 Å². The highest BCUT2D eigenvalue weighted by molar-refractivity contribution is 7.80. The van der Waals surface area contributed by atoms with Gasteiger partial charge in [-0.25, -0.2) is 4.90 Å². The van der Waals surface area contributed by atoms with Gasteiger partial charge in [0.2, 0.25) is 11.8 Å². The predicted octanol–water partition coefficient (Wildman–Crippen LogP) is 1.06. The van der Waals surface area contributed by atoms with E-state index in [0.717, 1.165) is 4.90 Å². The number of hydrogen-bond donors (Lipinski definition) is 0. The highest BCUT2D eigenvalue weighted by atomic mass is 32.1. The number of carbonyl (C=O) groups excluding carboxylic acids is 2. The molecule has 3 nitrogen and oxygen atoms in total. The summed E-state index contributed by atoms with van der Waals surface area (Å²) in [5, 5.41) is 0. The van der Waals surface area contributed by atoms with Crippen molar-refractivity contribution in [2.24, 2.45) is 11.8 Å². The molecule has 1 fully saturated rings. The van der Waals surface area contributed by atoms with Crippen molar-refractivity contribution in [1.29, 1.82) is 0 Å². The lowest BCUT2D eigenvalue weighted by atomic mass is 9.91. The second-order valence-corrected chi connectivity index (χ2v) is 3.77. The van der Waals surface area contributed by atoms with Gasteiger partial charge >= 0.3 is 0 Å². The van der Waals surface area contributed by atoms with Crippen LogP contribution in [0.1, 0.15) is 6.92 Å². The van der Waals surface area contributed by atoms with Crippen LogP contribution in [0.2, 0.25) is 0 Å². The van der Waals surface area contributed by atoms with E-state index in [1.54, 1.807) is 6.08 Å². The van der Waals surface area contributed by atoms with Crippen molar-refractivity contribution >= 4 is 29.0 Å². The standard InChI is InChI=1S/C10H9NO2S/c1-6(12)11-9(13)7-4-2-3-5-8(7)10(11)14/h2-5,7-8H,1H3. The van der Waals surface area contributed by atoms with Crippen molar-refractivity contribution in [2.75, 3.05) is 0 Å². The molecular weight excluding hydrogens is 198 g/mol. The summed E-state index contributed by atoms with van der Waals surface area (Å²) in [6.45, 7) is 1.36. The Bertz CT molecular complexity index is 354. The van der Waals surface area contributed by atoms with Crippen LogP contribution in [-0.4, -0.2) is 21.7 Å². The molecule has 2 aliphatic rings. The molecule has 2 rings (SSSR count). The third kappa shape index (κ3) is 1.14. The molecule has 4 heteroatoms. The largest absolute Gasteiger partial charge is 0.274 e. The van der Waals surface area contributed by atoms with Gasteiger partial charge in [-0.15, -0.1) is 0 Å². The lowest BCUT2D eigenvalue weighted by Gasteiger charge is -2.11. The Morgan fingerprint density at radius 3 is 2.43 bits per heavy atom. The monoisotopic (exact) mass is 207 g/mol. The number of thiocarbonyl (C=S) groups is 1. The minimum atomic E-state index is -0.295. The van der Waals surface area contributed by atoms with Crippen LogP contribution in [0.4, 0.5) is 0 Å². The summed E-state index contributed by atoms with van der Waals surface area (Å²) in [4.78, 5) is 24.4. The molecule has 14 heavy (non-hydrogen) atoms. The molecule has 0 spiro atoms. The van der Waals surface area contributed by atoms with Crippen LogP contribution >= 0.6 is 12.2 Å². The van der Waals surface area contributed by atoms with Gasteiger partial charge in [-0.05, 0) is 0 Å². The molecule has 0 aromatic rings. The third-order valence-corrected chi connectivity index (χ3v) is 2.92. The average Bonchev–Trinajstić information content (AvgIpc) is 2.41. The van der Waals surface area contributed by atoms with Gasteiger partial charge < -0.3 is 0 Å². The van der Waals surface area contributed by atoms with Gasteiger partial charge in [-0.2, -0.15) is 0 Å². The van der Waals surface area contributed by atoms with E-state index < -0.39 is 0 Å². The zero-order chi connectivity index (χ0) is 10.3. The normalized spacial score (nSPS) is 29.6. The molecule has 1 aliphatic carbocycles. The summed E-state index contributed by atoms with van der Waals surface area (Å²) >= 11 is 5.09. The van der Waals surface area contributed by atoms with Crippen LogP contribution in [0.5, 0.6) is 0 Å². The molecule has 0 saturated carbocycles. The fourth-order valence-electron chi connectivity index (χ4n) is 1.80. The molecule has 2 unspecified atom stereocenters. The molecule has 0 aromatic heterocycles. The highest BCUT2D eigenvalue weighted by Gasteiger charge is 2.44. The second kappa shape index (κ2) is 3.13. The van der Waals surface area contributed by atoms with E-state index in [1.165, 1.54) is 6.92 Å². The first-order valence-corrected chi connectivity index (χ1v) is 4.77. The number of carbonyl (C=O) groups is 2. The highest BCUT2D eigenvalue weighted by Crippen LogP contribution is 2.31. The molecule has 1 aliphatic heterocycles. The Kier molecular flexibility index (Phi) is 2.07. The van der Waals surface area contributed by atoms with Gasteiger partial charge in [-0.1, -0.05) is 36.5 Å². The number of allylic oxidation sites excluding steroid dienone is 2. The number of imide groups is 1. The van der Waals surface area contributed by atoms with Gasteiger partial charge in [0, 0.05) is 12.8 Å². The summed E-state index contributed by atoms with van der Waals surface area (Å²) in [7, 11) is 0. The maximum absolute atomic E-state index is 11.7.